The maximum absolute atomic E-state index is 13.0. The third-order valence-electron chi connectivity index (χ3n) is 6.32. The molecule has 1 aromatic rings. The van der Waals surface area contributed by atoms with Crippen LogP contribution in [0, 0.1) is 16.7 Å². The number of nitrogens with one attached hydrogen (secondary N) is 1. The maximum Gasteiger partial charge on any atom is 0.238 e. The number of amides is 1. The highest BCUT2D eigenvalue weighted by atomic mass is 79.9. The van der Waals surface area contributed by atoms with Gasteiger partial charge in [-0.15, -0.1) is 0 Å². The average molecular weight is 515 g/mol. The summed E-state index contributed by atoms with van der Waals surface area (Å²) < 4.78 is 28.7. The Bertz CT molecular complexity index is 876. The van der Waals surface area contributed by atoms with Gasteiger partial charge in [-0.2, -0.15) is 0 Å². The predicted molar refractivity (Wildman–Crippen MR) is 129 cm³/mol. The Morgan fingerprint density at radius 2 is 1.74 bits per heavy atom. The van der Waals surface area contributed by atoms with Crippen molar-refractivity contribution in [1.29, 1.82) is 0 Å². The first-order valence-corrected chi connectivity index (χ1v) is 13.5. The summed E-state index contributed by atoms with van der Waals surface area (Å²) in [5, 5.41) is 2.96. The smallest absolute Gasteiger partial charge is 0.238 e. The van der Waals surface area contributed by atoms with Crippen molar-refractivity contribution in [1.82, 2.24) is 9.21 Å². The van der Waals surface area contributed by atoms with Crippen LogP contribution in [0.25, 0.3) is 0 Å². The van der Waals surface area contributed by atoms with E-state index in [0.29, 0.717) is 19.6 Å². The van der Waals surface area contributed by atoms with Crippen molar-refractivity contribution in [2.45, 2.75) is 47.0 Å². The Kier molecular flexibility index (Phi) is 7.56. The van der Waals surface area contributed by atoms with Gasteiger partial charge in [-0.1, -0.05) is 43.6 Å². The molecule has 8 heteroatoms. The fraction of sp³-hybridized carbons (Fsp3) is 0.696. The molecular weight excluding hydrogens is 478 g/mol. The summed E-state index contributed by atoms with van der Waals surface area (Å²) in [5.41, 5.74) is 0.759. The zero-order valence-electron chi connectivity index (χ0n) is 19.2. The van der Waals surface area contributed by atoms with Crippen LogP contribution in [-0.4, -0.2) is 62.0 Å². The molecule has 1 N–H and O–H groups in total. The standard InChI is InChI=1S/C23H36BrN3O3S/c1-18(2)14-31(29,30)27-16-22(3,4)15-23(17-27)9-11-26(12-10-23)13-21(28)25-20-7-5-19(24)6-8-20/h5-8,18H,9-17H2,1-4H3,(H,25,28). The number of carbonyl (C=O) groups excluding carboxylic acids is 1. The van der Waals surface area contributed by atoms with E-state index >= 15 is 0 Å². The van der Waals surface area contributed by atoms with Crippen molar-refractivity contribution in [3.05, 3.63) is 28.7 Å². The van der Waals surface area contributed by atoms with Crippen LogP contribution in [-0.2, 0) is 14.8 Å². The second-order valence-corrected chi connectivity index (χ2v) is 13.5. The zero-order chi connectivity index (χ0) is 22.9. The number of hydrogen-bond acceptors (Lipinski definition) is 4. The fourth-order valence-electron chi connectivity index (χ4n) is 5.21. The highest BCUT2D eigenvalue weighted by Gasteiger charge is 2.47. The molecule has 0 aliphatic carbocycles. The van der Waals surface area contributed by atoms with Crippen molar-refractivity contribution < 1.29 is 13.2 Å². The maximum atomic E-state index is 13.0. The molecule has 0 unspecified atom stereocenters. The van der Waals surface area contributed by atoms with Gasteiger partial charge in [0.2, 0.25) is 15.9 Å². The van der Waals surface area contributed by atoms with Crippen LogP contribution >= 0.6 is 15.9 Å². The fourth-order valence-corrected chi connectivity index (χ4v) is 7.55. The highest BCUT2D eigenvalue weighted by molar-refractivity contribution is 9.10. The largest absolute Gasteiger partial charge is 0.325 e. The summed E-state index contributed by atoms with van der Waals surface area (Å²) in [5.74, 6) is 0.321. The minimum absolute atomic E-state index is 0.00445. The number of anilines is 1. The molecule has 0 atom stereocenters. The lowest BCUT2D eigenvalue weighted by atomic mass is 9.65. The number of hydrogen-bond donors (Lipinski definition) is 1. The quantitative estimate of drug-likeness (QED) is 0.618. The van der Waals surface area contributed by atoms with Crippen LogP contribution in [0.15, 0.2) is 28.7 Å². The summed E-state index contributed by atoms with van der Waals surface area (Å²) in [4.78, 5) is 14.7. The van der Waals surface area contributed by atoms with Crippen LogP contribution < -0.4 is 5.32 Å². The molecule has 0 bridgehead atoms. The average Bonchev–Trinajstić information content (AvgIpc) is 2.63. The Morgan fingerprint density at radius 3 is 2.32 bits per heavy atom. The number of carbonyl (C=O) groups is 1. The number of sulfonamides is 1. The lowest BCUT2D eigenvalue weighted by molar-refractivity contribution is -0.118. The van der Waals surface area contributed by atoms with E-state index in [1.54, 1.807) is 4.31 Å². The number of benzene rings is 1. The molecule has 0 saturated carbocycles. The van der Waals surface area contributed by atoms with Gasteiger partial charge in [0.05, 0.1) is 12.3 Å². The monoisotopic (exact) mass is 513 g/mol. The molecule has 6 nitrogen and oxygen atoms in total. The van der Waals surface area contributed by atoms with Gasteiger partial charge >= 0.3 is 0 Å². The van der Waals surface area contributed by atoms with Gasteiger partial charge in [0, 0.05) is 23.2 Å². The van der Waals surface area contributed by atoms with Crippen LogP contribution in [0.4, 0.5) is 5.69 Å². The van der Waals surface area contributed by atoms with E-state index in [-0.39, 0.29) is 28.4 Å². The minimum atomic E-state index is -3.25. The van der Waals surface area contributed by atoms with Crippen molar-refractivity contribution in [2.75, 3.05) is 43.8 Å². The van der Waals surface area contributed by atoms with Crippen molar-refractivity contribution in [3.63, 3.8) is 0 Å². The van der Waals surface area contributed by atoms with E-state index in [2.05, 4.69) is 40.0 Å². The molecule has 2 aliphatic heterocycles. The molecule has 2 fully saturated rings. The third kappa shape index (κ3) is 6.76. The lowest BCUT2D eigenvalue weighted by Gasteiger charge is -2.52. The summed E-state index contributed by atoms with van der Waals surface area (Å²) >= 11 is 3.40. The van der Waals surface area contributed by atoms with Crippen molar-refractivity contribution in [2.24, 2.45) is 16.7 Å². The van der Waals surface area contributed by atoms with Gasteiger partial charge in [0.1, 0.15) is 0 Å². The topological polar surface area (TPSA) is 69.7 Å². The molecule has 2 aliphatic rings. The molecule has 1 spiro atoms. The second kappa shape index (κ2) is 9.49. The van der Waals surface area contributed by atoms with E-state index in [4.69, 9.17) is 0 Å². The van der Waals surface area contributed by atoms with E-state index < -0.39 is 10.0 Å². The second-order valence-electron chi connectivity index (χ2n) is 10.6. The molecule has 1 aromatic carbocycles. The van der Waals surface area contributed by atoms with Crippen molar-refractivity contribution >= 4 is 37.5 Å². The van der Waals surface area contributed by atoms with Gasteiger partial charge in [-0.05, 0) is 73.4 Å². The van der Waals surface area contributed by atoms with E-state index in [0.717, 1.165) is 42.5 Å². The molecule has 3 rings (SSSR count). The van der Waals surface area contributed by atoms with E-state index in [1.807, 2.05) is 38.1 Å². The first kappa shape index (κ1) is 24.7. The number of piperidine rings is 2. The third-order valence-corrected chi connectivity index (χ3v) is 8.98. The Hall–Kier alpha value is -0.960. The van der Waals surface area contributed by atoms with Crippen LogP contribution in [0.1, 0.15) is 47.0 Å². The SMILES string of the molecule is CC(C)CS(=O)(=O)N1CC(C)(C)CC2(CCN(CC(=O)Nc3ccc(Br)cc3)CC2)C1. The van der Waals surface area contributed by atoms with E-state index in [1.165, 1.54) is 0 Å². The molecule has 1 amide bonds. The Labute approximate surface area is 195 Å². The summed E-state index contributed by atoms with van der Waals surface area (Å²) in [6, 6.07) is 7.57. The normalized spacial score (nSPS) is 22.0. The van der Waals surface area contributed by atoms with Crippen LogP contribution in [0.5, 0.6) is 0 Å². The molecule has 174 valence electrons. The first-order valence-electron chi connectivity index (χ1n) is 11.1. The Morgan fingerprint density at radius 1 is 1.13 bits per heavy atom. The lowest BCUT2D eigenvalue weighted by Crippen LogP contribution is -2.56. The zero-order valence-corrected chi connectivity index (χ0v) is 21.6. The van der Waals surface area contributed by atoms with E-state index in [9.17, 15) is 13.2 Å². The van der Waals surface area contributed by atoms with Crippen LogP contribution in [0.3, 0.4) is 0 Å². The first-order chi connectivity index (χ1) is 14.4. The van der Waals surface area contributed by atoms with Gasteiger partial charge in [0.15, 0.2) is 0 Å². The predicted octanol–water partition coefficient (Wildman–Crippen LogP) is 4.19. The number of halogens is 1. The van der Waals surface area contributed by atoms with Crippen molar-refractivity contribution in [3.8, 4) is 0 Å². The number of likely N-dealkylation sites (tertiary alicyclic amines) is 1. The minimum Gasteiger partial charge on any atom is -0.325 e. The highest BCUT2D eigenvalue weighted by Crippen LogP contribution is 2.47. The molecule has 0 aromatic heterocycles. The molecule has 2 saturated heterocycles. The molecule has 2 heterocycles. The van der Waals surface area contributed by atoms with Gasteiger partial charge in [0.25, 0.3) is 0 Å². The van der Waals surface area contributed by atoms with Gasteiger partial charge in [-0.3, -0.25) is 9.69 Å². The summed E-state index contributed by atoms with van der Waals surface area (Å²) in [6.45, 7) is 11.5. The molecule has 31 heavy (non-hydrogen) atoms. The Balaban J connectivity index is 1.59. The van der Waals surface area contributed by atoms with Gasteiger partial charge < -0.3 is 5.32 Å². The number of nitrogens with zero attached hydrogens (tertiary/aromatic N) is 2. The van der Waals surface area contributed by atoms with Gasteiger partial charge in [-0.25, -0.2) is 12.7 Å². The molecule has 0 radical (unpaired) electrons. The summed E-state index contributed by atoms with van der Waals surface area (Å²) in [6.07, 6.45) is 2.89. The number of rotatable bonds is 6. The summed E-state index contributed by atoms with van der Waals surface area (Å²) in [7, 11) is -3.25. The van der Waals surface area contributed by atoms with Crippen LogP contribution in [0.2, 0.25) is 0 Å². The molecular formula is C23H36BrN3O3S.